The topological polar surface area (TPSA) is 712 Å². The summed E-state index contributed by atoms with van der Waals surface area (Å²) >= 11 is 0. The van der Waals surface area contributed by atoms with E-state index in [1.54, 1.807) is 54.7 Å². The van der Waals surface area contributed by atoms with Crippen LogP contribution in [0.15, 0.2) is 79.0 Å². The number of carbonyl (C=O) groups is 20. The molecule has 1 aliphatic rings. The second kappa shape index (κ2) is 50.9. The van der Waals surface area contributed by atoms with Crippen molar-refractivity contribution < 1.29 is 126 Å². The summed E-state index contributed by atoms with van der Waals surface area (Å²) in [7, 11) is 0. The van der Waals surface area contributed by atoms with Gasteiger partial charge in [0.05, 0.1) is 63.4 Å². The zero-order chi connectivity index (χ0) is 91.9. The number of benzene rings is 3. The molecule has 24 N–H and O–H groups in total. The van der Waals surface area contributed by atoms with E-state index in [2.05, 4.69) is 70.4 Å². The lowest BCUT2D eigenvalue weighted by Crippen LogP contribution is -2.62. The number of nitrogens with two attached hydrogens (primary N) is 2. The molecular formula is C80H106N18O26. The highest BCUT2D eigenvalue weighted by Crippen LogP contribution is 2.22. The summed E-state index contributed by atoms with van der Waals surface area (Å²) in [5.41, 5.74) is 13.4. The number of nitriles is 1. The van der Waals surface area contributed by atoms with E-state index in [1.165, 1.54) is 24.3 Å². The monoisotopic (exact) mass is 1730 g/mol. The molecule has 124 heavy (non-hydrogen) atoms. The Balaban J connectivity index is 1.63. The third-order valence-electron chi connectivity index (χ3n) is 19.4. The van der Waals surface area contributed by atoms with Gasteiger partial charge in [-0.1, -0.05) is 94.8 Å². The van der Waals surface area contributed by atoms with Crippen molar-refractivity contribution in [2.24, 2.45) is 11.7 Å². The van der Waals surface area contributed by atoms with Crippen molar-refractivity contribution in [1.29, 1.82) is 5.26 Å². The Morgan fingerprint density at radius 2 is 1.12 bits per heavy atom. The third kappa shape index (κ3) is 34.3. The number of carbonyl (C=O) groups excluding carboxylic acids is 16. The molecule has 0 aliphatic carbocycles. The zero-order valence-electron chi connectivity index (χ0n) is 68.5. The lowest BCUT2D eigenvalue weighted by Gasteiger charge is -2.30. The third-order valence-corrected chi connectivity index (χ3v) is 19.4. The highest BCUT2D eigenvalue weighted by molar-refractivity contribution is 6.05. The number of nitrogens with one attached hydrogen (secondary N) is 15. The number of primary amides is 1. The van der Waals surface area contributed by atoms with Crippen LogP contribution in [-0.4, -0.2) is 248 Å². The Labute approximate surface area is 709 Å². The van der Waals surface area contributed by atoms with Gasteiger partial charge in [-0.2, -0.15) is 5.26 Å². The molecular weight excluding hydrogens is 1630 g/mol. The van der Waals surface area contributed by atoms with E-state index >= 15 is 0 Å². The Morgan fingerprint density at radius 3 is 1.73 bits per heavy atom. The molecule has 4 unspecified atom stereocenters. The lowest BCUT2D eigenvalue weighted by molar-refractivity contribution is -0.156. The first-order valence-corrected chi connectivity index (χ1v) is 39.8. The number of anilines is 1. The van der Waals surface area contributed by atoms with Crippen LogP contribution in [0.25, 0.3) is 10.9 Å². The molecule has 5 rings (SSSR count). The fourth-order valence-electron chi connectivity index (χ4n) is 12.8. The summed E-state index contributed by atoms with van der Waals surface area (Å²) in [6, 6.07) is -2.41. The van der Waals surface area contributed by atoms with Crippen LogP contribution in [0.1, 0.15) is 157 Å². The molecule has 1 aliphatic heterocycles. The van der Waals surface area contributed by atoms with Gasteiger partial charge in [0.15, 0.2) is 5.78 Å². The number of aliphatic hydroxyl groups excluding tert-OH is 1. The number of aliphatic carboxylic acids is 4. The van der Waals surface area contributed by atoms with Gasteiger partial charge < -0.3 is 121 Å². The summed E-state index contributed by atoms with van der Waals surface area (Å²) in [6.07, 6.45) is -2.42. The van der Waals surface area contributed by atoms with E-state index in [4.69, 9.17) is 16.2 Å². The number of unbranched alkanes of at least 4 members (excludes halogenated alkanes) is 6. The number of Topliss-reactive ketones (excluding diaryl/α,β-unsaturated/α-hetero) is 1. The molecule has 44 heteroatoms. The number of rotatable bonds is 38. The Bertz CT molecular complexity index is 4570. The van der Waals surface area contributed by atoms with Gasteiger partial charge in [-0.05, 0) is 87.0 Å². The number of aliphatic hydroxyl groups is 1. The second-order valence-corrected chi connectivity index (χ2v) is 29.4. The van der Waals surface area contributed by atoms with Crippen LogP contribution in [0, 0.1) is 17.2 Å². The summed E-state index contributed by atoms with van der Waals surface area (Å²) in [5.74, 6) is -29.9. The molecule has 0 spiro atoms. The summed E-state index contributed by atoms with van der Waals surface area (Å²) in [5, 5.41) is 91.8. The molecule has 4 aromatic rings. The number of fused-ring (bicyclic) bond motifs is 1. The minimum absolute atomic E-state index is 0.0253. The molecule has 1 aromatic heterocycles. The molecule has 0 bridgehead atoms. The van der Waals surface area contributed by atoms with Gasteiger partial charge in [0, 0.05) is 54.2 Å². The molecule has 44 nitrogen and oxygen atoms in total. The second-order valence-electron chi connectivity index (χ2n) is 29.4. The molecule has 672 valence electrons. The summed E-state index contributed by atoms with van der Waals surface area (Å²) in [4.78, 5) is 279. The highest BCUT2D eigenvalue weighted by Gasteiger charge is 2.41. The van der Waals surface area contributed by atoms with Gasteiger partial charge in [-0.15, -0.1) is 0 Å². The van der Waals surface area contributed by atoms with Crippen molar-refractivity contribution in [3.8, 4) is 6.07 Å². The lowest BCUT2D eigenvalue weighted by atomic mass is 9.96. The molecule has 3 aromatic carbocycles. The van der Waals surface area contributed by atoms with E-state index in [0.29, 0.717) is 40.4 Å². The quantitative estimate of drug-likeness (QED) is 0.00882. The van der Waals surface area contributed by atoms with E-state index in [9.17, 15) is 127 Å². The van der Waals surface area contributed by atoms with Gasteiger partial charge in [-0.3, -0.25) is 91.1 Å². The number of ketones is 1. The Kier molecular flexibility index (Phi) is 41.3. The Morgan fingerprint density at radius 1 is 0.565 bits per heavy atom. The Hall–Kier alpha value is -14.0. The zero-order valence-corrected chi connectivity index (χ0v) is 68.5. The number of esters is 1. The summed E-state index contributed by atoms with van der Waals surface area (Å²) < 4.78 is 5.73. The van der Waals surface area contributed by atoms with Crippen molar-refractivity contribution in [3.63, 3.8) is 0 Å². The molecule has 13 atom stereocenters. The van der Waals surface area contributed by atoms with Gasteiger partial charge in [0.2, 0.25) is 82.7 Å². The van der Waals surface area contributed by atoms with Crippen LogP contribution in [-0.2, 0) is 109 Å². The molecule has 1 fully saturated rings. The van der Waals surface area contributed by atoms with Crippen molar-refractivity contribution in [1.82, 2.24) is 79.4 Å². The standard InChI is InChI=1S/C80H106N18O26/c1-5-6-7-8-9-10-11-22-61(102)90-52(29-46-37-85-50-20-15-13-17-47(46)50)74(117)93-53(31-60(83)101)75(118)95-56(34-67(111)112)76(119)98-69-43(4)124-80(123)57(30-59(100)48-18-12-14-19-49(48)82)96-79(122)68(41(2)28-64(105)106)97-77(120)58(40-99)91-63(104)38-86-71(114)54(32-65(107)108)92-70(113)42(3)88-73(116)55(33-66(109)110)94-72(115)51(89-62(103)39-87-78(69)121)21-16-27-84-36-45-25-23-44(35-81)24-26-45/h12-15,17-20,23-26,37,41-43,51-58,68-69,84-85,99H,5-11,16,21-22,27-34,36,38-40,82H2,1-4H3,(H2,83,101)(H,86,114)(H,87,121)(H,88,116)(H,89,103)(H,90,102)(H,91,104)(H,92,113)(H,93,117)(H,94,115)(H,95,118)(H,96,122)(H,97,120)(H,98,119)(H,105,106)(H,107,108)(H,109,110)(H,111,112)/t41-,42-,43?,51+,52+,53+,54+,55?,56+,57+,58-,68?,69?/m1/s1. The van der Waals surface area contributed by atoms with Crippen LogP contribution in [0.2, 0.25) is 0 Å². The van der Waals surface area contributed by atoms with E-state index in [-0.39, 0.29) is 50.0 Å². The number of hydrogen-bond acceptors (Lipinski definition) is 25. The average molecular weight is 1740 g/mol. The smallest absolute Gasteiger partial charge is 0.329 e. The van der Waals surface area contributed by atoms with Gasteiger partial charge >= 0.3 is 29.8 Å². The van der Waals surface area contributed by atoms with Crippen molar-refractivity contribution in [2.45, 2.75) is 216 Å². The first kappa shape index (κ1) is 101. The highest BCUT2D eigenvalue weighted by atomic mass is 16.5. The fourth-order valence-corrected chi connectivity index (χ4v) is 12.8. The first-order valence-electron chi connectivity index (χ1n) is 39.8. The molecule has 14 amide bonds. The molecule has 1 saturated heterocycles. The maximum atomic E-state index is 15.0. The maximum Gasteiger partial charge on any atom is 0.329 e. The number of nitrogen functional groups attached to an aromatic ring is 1. The maximum absolute atomic E-state index is 15.0. The first-order chi connectivity index (χ1) is 58.8. The number of hydrogen-bond donors (Lipinski definition) is 22. The molecule has 2 heterocycles. The van der Waals surface area contributed by atoms with Crippen LogP contribution in [0.5, 0.6) is 0 Å². The normalized spacial score (nSPS) is 20.4. The molecule has 0 radical (unpaired) electrons. The van der Waals surface area contributed by atoms with E-state index < -0.39 is 255 Å². The number of cyclic esters (lactones) is 1. The van der Waals surface area contributed by atoms with E-state index in [0.717, 1.165) is 52.9 Å². The summed E-state index contributed by atoms with van der Waals surface area (Å²) in [6.45, 7) is 1.49. The number of nitrogens with zero attached hydrogens (tertiary/aromatic N) is 1. The fraction of sp³-hybridized carbons (Fsp3) is 0.487. The van der Waals surface area contributed by atoms with Crippen LogP contribution < -0.4 is 85.9 Å². The average Bonchev–Trinajstić information content (AvgIpc) is 1.64. The number of para-hydroxylation sites is 2. The number of ether oxygens (including phenoxy) is 1. The minimum Gasteiger partial charge on any atom is -0.481 e. The number of H-pyrrole nitrogens is 1. The number of carboxylic acid groups (broad SMARTS) is 4. The number of aromatic nitrogens is 1. The number of aromatic amines is 1. The number of amides is 14. The number of carboxylic acids is 4. The predicted molar refractivity (Wildman–Crippen MR) is 434 cm³/mol. The van der Waals surface area contributed by atoms with Crippen LogP contribution >= 0.6 is 0 Å². The molecule has 0 saturated carbocycles. The minimum atomic E-state index is -2.47. The predicted octanol–water partition coefficient (Wildman–Crippen LogP) is -3.92. The van der Waals surface area contributed by atoms with Crippen LogP contribution in [0.3, 0.4) is 0 Å². The van der Waals surface area contributed by atoms with Crippen molar-refractivity contribution >= 4 is 135 Å². The van der Waals surface area contributed by atoms with Crippen molar-refractivity contribution in [3.05, 3.63) is 101 Å². The van der Waals surface area contributed by atoms with Gasteiger partial charge in [0.25, 0.3) is 0 Å². The largest absolute Gasteiger partial charge is 0.481 e. The van der Waals surface area contributed by atoms with Gasteiger partial charge in [0.1, 0.15) is 72.6 Å². The van der Waals surface area contributed by atoms with Gasteiger partial charge in [-0.25, -0.2) is 4.79 Å². The SMILES string of the molecule is CCCCCCCCCC(=O)N[C@@H](Cc1c[nH]c2ccccc12)C(=O)N[C@@H](CC(N)=O)C(=O)N[C@@H](CC(=O)O)C(=O)NC1C(=O)NCC(=O)N[C@@H](CCCNCc2ccc(C#N)cc2)C(=O)NC(CC(=O)O)C(=O)N[C@H](C)C(=O)N[C@@H](CC(=O)O)C(=O)NCC(=O)N[C@H](CO)C(=O)NC([C@H](C)CC(=O)O)C(=O)N[C@@H](CC(=O)c2ccccc2N)C(=O)OC1C. The van der Waals surface area contributed by atoms with Crippen LogP contribution in [0.4, 0.5) is 5.69 Å². The van der Waals surface area contributed by atoms with E-state index in [1.807, 2.05) is 22.0 Å². The van der Waals surface area contributed by atoms with Crippen molar-refractivity contribution in [2.75, 3.05) is 32.0 Å².